The Morgan fingerprint density at radius 1 is 1.28 bits per heavy atom. The number of nitrogens with one attached hydrogen (secondary N) is 1. The van der Waals surface area contributed by atoms with Crippen molar-refractivity contribution < 1.29 is 14.3 Å². The van der Waals surface area contributed by atoms with Crippen molar-refractivity contribution in [1.82, 2.24) is 9.78 Å². The first-order chi connectivity index (χ1) is 13.6. The first-order valence-electron chi connectivity index (χ1n) is 9.23. The highest BCUT2D eigenvalue weighted by Gasteiger charge is 2.26. The highest BCUT2D eigenvalue weighted by molar-refractivity contribution is 7.16. The van der Waals surface area contributed by atoms with Gasteiger partial charge < -0.3 is 10.1 Å². The summed E-state index contributed by atoms with van der Waals surface area (Å²) in [5.41, 5.74) is 0.463. The average Bonchev–Trinajstić information content (AvgIpc) is 3.05. The number of rotatable bonds is 4. The van der Waals surface area contributed by atoms with Gasteiger partial charge in [0.2, 0.25) is 5.91 Å². The number of aryl methyl sites for hydroxylation is 1. The van der Waals surface area contributed by atoms with Crippen LogP contribution < -0.4 is 10.9 Å². The molecule has 1 aromatic carbocycles. The summed E-state index contributed by atoms with van der Waals surface area (Å²) in [6.07, 6.45) is 0. The predicted octanol–water partition coefficient (Wildman–Crippen LogP) is 3.92. The fourth-order valence-corrected chi connectivity index (χ4v) is 3.65. The number of nitrogens with zero attached hydrogens (tertiary/aromatic N) is 2. The largest absolute Gasteiger partial charge is 0.461 e. The number of hydrogen-bond acceptors (Lipinski definition) is 6. The minimum absolute atomic E-state index is 0.0375. The Balaban J connectivity index is 2.28. The lowest BCUT2D eigenvalue weighted by atomic mass is 9.96. The van der Waals surface area contributed by atoms with Crippen molar-refractivity contribution in [1.29, 1.82) is 0 Å². The van der Waals surface area contributed by atoms with E-state index in [-0.39, 0.29) is 23.6 Å². The summed E-state index contributed by atoms with van der Waals surface area (Å²) in [4.78, 5) is 38.3. The normalized spacial score (nSPS) is 11.5. The molecule has 0 aliphatic carbocycles. The van der Waals surface area contributed by atoms with E-state index in [9.17, 15) is 14.4 Å². The summed E-state index contributed by atoms with van der Waals surface area (Å²) in [5.74, 6) is -0.845. The molecule has 0 fully saturated rings. The van der Waals surface area contributed by atoms with E-state index in [0.717, 1.165) is 5.56 Å². The van der Waals surface area contributed by atoms with Gasteiger partial charge >= 0.3 is 5.97 Å². The van der Waals surface area contributed by atoms with Gasteiger partial charge in [-0.1, -0.05) is 32.9 Å². The number of esters is 1. The maximum Gasteiger partial charge on any atom is 0.359 e. The van der Waals surface area contributed by atoms with E-state index in [4.69, 9.17) is 4.74 Å². The van der Waals surface area contributed by atoms with E-state index in [1.54, 1.807) is 45.2 Å². The van der Waals surface area contributed by atoms with Gasteiger partial charge in [-0.05, 0) is 31.5 Å². The van der Waals surface area contributed by atoms with Crippen LogP contribution >= 0.6 is 11.3 Å². The number of anilines is 1. The fourth-order valence-electron chi connectivity index (χ4n) is 2.72. The summed E-state index contributed by atoms with van der Waals surface area (Å²) < 4.78 is 6.32. The molecular formula is C21H23N3O4S. The topological polar surface area (TPSA) is 90.3 Å². The predicted molar refractivity (Wildman–Crippen MR) is 114 cm³/mol. The van der Waals surface area contributed by atoms with Gasteiger partial charge in [0.25, 0.3) is 5.56 Å². The third kappa shape index (κ3) is 4.07. The SMILES string of the molecule is CCOC(=O)c1nn(-c2cccc(C)c2)c(=O)c2c(NC(=O)C(C)(C)C)scc12. The van der Waals surface area contributed by atoms with Crippen molar-refractivity contribution >= 4 is 39.0 Å². The molecule has 1 N–H and O–H groups in total. The first kappa shape index (κ1) is 20.7. The summed E-state index contributed by atoms with van der Waals surface area (Å²) >= 11 is 1.19. The van der Waals surface area contributed by atoms with Crippen molar-refractivity contribution in [3.8, 4) is 5.69 Å². The Morgan fingerprint density at radius 3 is 2.62 bits per heavy atom. The average molecular weight is 413 g/mol. The molecule has 0 saturated carbocycles. The molecule has 3 rings (SSSR count). The van der Waals surface area contributed by atoms with Crippen LogP contribution in [0.3, 0.4) is 0 Å². The van der Waals surface area contributed by atoms with Crippen molar-refractivity contribution in [3.05, 3.63) is 51.3 Å². The Bertz CT molecular complexity index is 1150. The summed E-state index contributed by atoms with van der Waals surface area (Å²) in [6.45, 7) is 9.15. The van der Waals surface area contributed by atoms with Crippen LogP contribution in [0.25, 0.3) is 16.5 Å². The molecule has 0 spiro atoms. The second-order valence-corrected chi connectivity index (χ2v) is 8.56. The second kappa shape index (κ2) is 7.79. The van der Waals surface area contributed by atoms with Crippen molar-refractivity contribution in [2.24, 2.45) is 5.41 Å². The maximum atomic E-state index is 13.3. The van der Waals surface area contributed by atoms with E-state index in [1.165, 1.54) is 16.0 Å². The lowest BCUT2D eigenvalue weighted by Crippen LogP contribution is -2.29. The third-order valence-corrected chi connectivity index (χ3v) is 5.17. The van der Waals surface area contributed by atoms with E-state index in [0.29, 0.717) is 16.1 Å². The molecule has 152 valence electrons. The van der Waals surface area contributed by atoms with Gasteiger partial charge in [-0.3, -0.25) is 9.59 Å². The quantitative estimate of drug-likeness (QED) is 0.655. The van der Waals surface area contributed by atoms with Crippen LogP contribution in [-0.2, 0) is 9.53 Å². The standard InChI is InChI=1S/C21H23N3O4S/c1-6-28-19(26)16-14-11-29-17(22-20(27)21(3,4)5)15(14)18(25)24(23-16)13-9-7-8-12(2)10-13/h7-11H,6H2,1-5H3,(H,22,27). The molecule has 0 aliphatic heterocycles. The zero-order chi connectivity index (χ0) is 21.3. The summed E-state index contributed by atoms with van der Waals surface area (Å²) in [5, 5.41) is 9.76. The molecule has 0 saturated heterocycles. The Kier molecular flexibility index (Phi) is 5.57. The molecule has 29 heavy (non-hydrogen) atoms. The van der Waals surface area contributed by atoms with Gasteiger partial charge in [0.1, 0.15) is 5.00 Å². The van der Waals surface area contributed by atoms with E-state index in [1.807, 2.05) is 19.1 Å². The summed E-state index contributed by atoms with van der Waals surface area (Å²) in [6, 6.07) is 7.25. The van der Waals surface area contributed by atoms with Crippen LogP contribution in [0.5, 0.6) is 0 Å². The lowest BCUT2D eigenvalue weighted by Gasteiger charge is -2.17. The van der Waals surface area contributed by atoms with Crippen LogP contribution in [0.4, 0.5) is 5.00 Å². The van der Waals surface area contributed by atoms with Gasteiger partial charge in [0.15, 0.2) is 5.69 Å². The molecule has 0 bridgehead atoms. The molecule has 0 unspecified atom stereocenters. The van der Waals surface area contributed by atoms with Gasteiger partial charge in [-0.2, -0.15) is 9.78 Å². The van der Waals surface area contributed by atoms with Gasteiger partial charge in [0.05, 0.1) is 17.7 Å². The smallest absolute Gasteiger partial charge is 0.359 e. The Morgan fingerprint density at radius 2 is 2.00 bits per heavy atom. The molecular weight excluding hydrogens is 390 g/mol. The van der Waals surface area contributed by atoms with Crippen LogP contribution in [-0.4, -0.2) is 28.3 Å². The fraction of sp³-hybridized carbons (Fsp3) is 0.333. The second-order valence-electron chi connectivity index (χ2n) is 7.68. The Labute approximate surface area is 172 Å². The van der Waals surface area contributed by atoms with Crippen LogP contribution in [0, 0.1) is 12.3 Å². The molecule has 3 aromatic rings. The number of thiophene rings is 1. The molecule has 2 heterocycles. The molecule has 1 amide bonds. The van der Waals surface area contributed by atoms with Gasteiger partial charge in [-0.15, -0.1) is 11.3 Å². The number of ether oxygens (including phenoxy) is 1. The van der Waals surface area contributed by atoms with Crippen LogP contribution in [0.15, 0.2) is 34.4 Å². The van der Waals surface area contributed by atoms with Crippen molar-refractivity contribution in [3.63, 3.8) is 0 Å². The summed E-state index contributed by atoms with van der Waals surface area (Å²) in [7, 11) is 0. The number of aromatic nitrogens is 2. The van der Waals surface area contributed by atoms with Crippen molar-refractivity contribution in [2.45, 2.75) is 34.6 Å². The van der Waals surface area contributed by atoms with E-state index in [2.05, 4.69) is 10.4 Å². The molecule has 2 aromatic heterocycles. The van der Waals surface area contributed by atoms with Crippen LogP contribution in [0.1, 0.15) is 43.7 Å². The maximum absolute atomic E-state index is 13.3. The monoisotopic (exact) mass is 413 g/mol. The zero-order valence-corrected chi connectivity index (χ0v) is 17.8. The third-order valence-electron chi connectivity index (χ3n) is 4.28. The van der Waals surface area contributed by atoms with E-state index < -0.39 is 16.9 Å². The minimum Gasteiger partial charge on any atom is -0.461 e. The molecule has 8 heteroatoms. The molecule has 0 atom stereocenters. The minimum atomic E-state index is -0.636. The lowest BCUT2D eigenvalue weighted by molar-refractivity contribution is -0.123. The highest BCUT2D eigenvalue weighted by Crippen LogP contribution is 2.32. The van der Waals surface area contributed by atoms with E-state index >= 15 is 0 Å². The van der Waals surface area contributed by atoms with Crippen molar-refractivity contribution in [2.75, 3.05) is 11.9 Å². The van der Waals surface area contributed by atoms with Crippen LogP contribution in [0.2, 0.25) is 0 Å². The number of benzene rings is 1. The number of amides is 1. The molecule has 0 aliphatic rings. The van der Waals surface area contributed by atoms with Gasteiger partial charge in [-0.25, -0.2) is 4.79 Å². The molecule has 7 nitrogen and oxygen atoms in total. The Hall–Kier alpha value is -3.00. The first-order valence-corrected chi connectivity index (χ1v) is 10.1. The molecule has 0 radical (unpaired) electrons. The number of hydrogen-bond donors (Lipinski definition) is 1. The number of carbonyl (C=O) groups excluding carboxylic acids is 2. The zero-order valence-electron chi connectivity index (χ0n) is 17.0. The number of fused-ring (bicyclic) bond motifs is 1. The number of carbonyl (C=O) groups is 2. The van der Waals surface area contributed by atoms with Gasteiger partial charge in [0, 0.05) is 16.2 Å². The highest BCUT2D eigenvalue weighted by atomic mass is 32.1.